The summed E-state index contributed by atoms with van der Waals surface area (Å²) in [5, 5.41) is 0. The molecule has 0 radical (unpaired) electrons. The molecule has 52 valence electrons. The maximum Gasteiger partial charge on any atom is 1.00 e. The van der Waals surface area contributed by atoms with E-state index in [2.05, 4.69) is 6.92 Å². The van der Waals surface area contributed by atoms with E-state index in [1.165, 1.54) is 0 Å². The first-order chi connectivity index (χ1) is 4.30. The van der Waals surface area contributed by atoms with Crippen molar-refractivity contribution in [3.8, 4) is 0 Å². The number of hydrogen-bond acceptors (Lipinski definition) is 2. The maximum absolute atomic E-state index is 10.6. The van der Waals surface area contributed by atoms with Crippen LogP contribution in [0.4, 0.5) is 0 Å². The second-order valence-corrected chi connectivity index (χ2v) is 1.99. The van der Waals surface area contributed by atoms with E-state index in [0.717, 1.165) is 0 Å². The summed E-state index contributed by atoms with van der Waals surface area (Å²) in [7, 11) is 0. The number of morpholine rings is 1. The van der Waals surface area contributed by atoms with E-state index in [9.17, 15) is 4.79 Å². The van der Waals surface area contributed by atoms with Crippen molar-refractivity contribution in [1.82, 2.24) is 4.90 Å². The molecule has 0 aromatic rings. The summed E-state index contributed by atoms with van der Waals surface area (Å²) in [5.41, 5.74) is 0. The summed E-state index contributed by atoms with van der Waals surface area (Å²) >= 11 is 0. The minimum atomic E-state index is -0.0988. The Morgan fingerprint density at radius 1 is 1.40 bits per heavy atom. The minimum absolute atomic E-state index is 0. The molecule has 0 aliphatic carbocycles. The van der Waals surface area contributed by atoms with Gasteiger partial charge in [0.2, 0.25) is 0 Å². The van der Waals surface area contributed by atoms with Crippen molar-refractivity contribution < 1.29 is 60.9 Å². The number of nitrogens with zero attached hydrogens (tertiary/aromatic N) is 1. The quantitative estimate of drug-likeness (QED) is 0.279. The molecule has 0 aromatic carbocycles. The molecule has 0 spiro atoms. The van der Waals surface area contributed by atoms with Crippen LogP contribution in [0.2, 0.25) is 0 Å². The molecule has 0 aromatic heterocycles. The largest absolute Gasteiger partial charge is 1.00 e. The molecule has 4 heteroatoms. The molecule has 1 aliphatic rings. The Bertz CT molecular complexity index is 112. The molecular formula is C6H10KNO2. The number of ether oxygens (including phenoxy) is 1. The molecule has 1 heterocycles. The van der Waals surface area contributed by atoms with Crippen molar-refractivity contribution in [2.75, 3.05) is 26.3 Å². The molecule has 0 saturated carbocycles. The number of amides is 1. The third-order valence-electron chi connectivity index (χ3n) is 1.36. The van der Waals surface area contributed by atoms with Crippen molar-refractivity contribution in [3.63, 3.8) is 0 Å². The first-order valence-electron chi connectivity index (χ1n) is 2.99. The predicted octanol–water partition coefficient (Wildman–Crippen LogP) is -3.32. The number of carbonyl (C=O) groups excluding carboxylic acids is 1. The van der Waals surface area contributed by atoms with E-state index >= 15 is 0 Å². The van der Waals surface area contributed by atoms with Gasteiger partial charge in [-0.2, -0.15) is 0 Å². The third kappa shape index (κ3) is 3.36. The predicted molar refractivity (Wildman–Crippen MR) is 32.8 cm³/mol. The smallest absolute Gasteiger partial charge is 0.378 e. The minimum Gasteiger partial charge on any atom is -0.378 e. The van der Waals surface area contributed by atoms with Gasteiger partial charge in [0, 0.05) is 13.1 Å². The van der Waals surface area contributed by atoms with Gasteiger partial charge in [0.25, 0.3) is 0 Å². The standard InChI is InChI=1S/C6H10NO2.K/c1-6(8)7-2-4-9-5-3-7;/h1-5H2;/q-1;+1. The fourth-order valence-electron chi connectivity index (χ4n) is 0.813. The zero-order chi connectivity index (χ0) is 6.69. The van der Waals surface area contributed by atoms with Crippen LogP contribution < -0.4 is 51.4 Å². The Morgan fingerprint density at radius 3 is 2.20 bits per heavy atom. The molecule has 1 amide bonds. The van der Waals surface area contributed by atoms with E-state index in [1.807, 2.05) is 0 Å². The van der Waals surface area contributed by atoms with Gasteiger partial charge in [-0.15, -0.1) is 0 Å². The van der Waals surface area contributed by atoms with Crippen LogP contribution >= 0.6 is 0 Å². The molecule has 10 heavy (non-hydrogen) atoms. The average Bonchev–Trinajstić information content (AvgIpc) is 1.90. The number of carbonyl (C=O) groups is 1. The summed E-state index contributed by atoms with van der Waals surface area (Å²) in [5.74, 6) is -0.0988. The molecule has 1 aliphatic heterocycles. The first kappa shape index (κ1) is 10.9. The molecule has 0 unspecified atom stereocenters. The van der Waals surface area contributed by atoms with Crippen LogP contribution in [-0.2, 0) is 9.53 Å². The Balaban J connectivity index is 0.000000810. The molecular weight excluding hydrogens is 157 g/mol. The number of hydrogen-bond donors (Lipinski definition) is 0. The van der Waals surface area contributed by atoms with Gasteiger partial charge in [0.1, 0.15) is 0 Å². The van der Waals surface area contributed by atoms with E-state index in [-0.39, 0.29) is 57.3 Å². The van der Waals surface area contributed by atoms with Crippen LogP contribution in [0.15, 0.2) is 0 Å². The molecule has 3 nitrogen and oxygen atoms in total. The summed E-state index contributed by atoms with van der Waals surface area (Å²) in [6.45, 7) is 6.00. The topological polar surface area (TPSA) is 29.5 Å². The van der Waals surface area contributed by atoms with Crippen molar-refractivity contribution in [2.45, 2.75) is 0 Å². The van der Waals surface area contributed by atoms with Gasteiger partial charge in [0.05, 0.1) is 19.1 Å². The Hall–Kier alpha value is 0.936. The molecule has 0 N–H and O–H groups in total. The third-order valence-corrected chi connectivity index (χ3v) is 1.36. The van der Waals surface area contributed by atoms with Gasteiger partial charge in [-0.25, -0.2) is 0 Å². The van der Waals surface area contributed by atoms with Crippen LogP contribution in [-0.4, -0.2) is 37.1 Å². The molecule has 0 bridgehead atoms. The Morgan fingerprint density at radius 2 is 1.90 bits per heavy atom. The molecule has 1 saturated heterocycles. The average molecular weight is 167 g/mol. The van der Waals surface area contributed by atoms with Gasteiger partial charge in [-0.05, 0) is 0 Å². The first-order valence-corrected chi connectivity index (χ1v) is 2.99. The fraction of sp³-hybridized carbons (Fsp3) is 0.667. The van der Waals surface area contributed by atoms with Gasteiger partial charge >= 0.3 is 51.4 Å². The van der Waals surface area contributed by atoms with Gasteiger partial charge in [0.15, 0.2) is 0 Å². The second kappa shape index (κ2) is 5.57. The zero-order valence-electron chi connectivity index (χ0n) is 6.30. The molecule has 1 rings (SSSR count). The second-order valence-electron chi connectivity index (χ2n) is 1.99. The number of rotatable bonds is 0. The van der Waals surface area contributed by atoms with E-state index in [4.69, 9.17) is 4.74 Å². The zero-order valence-corrected chi connectivity index (χ0v) is 9.42. The SMILES string of the molecule is [CH2-]C(=O)N1CCOCC1.[K+]. The summed E-state index contributed by atoms with van der Waals surface area (Å²) in [6, 6.07) is 0. The maximum atomic E-state index is 10.6. The normalized spacial score (nSPS) is 17.8. The van der Waals surface area contributed by atoms with Gasteiger partial charge in [-0.1, -0.05) is 0 Å². The van der Waals surface area contributed by atoms with E-state index in [1.54, 1.807) is 4.90 Å². The Labute approximate surface area is 104 Å². The van der Waals surface area contributed by atoms with Crippen molar-refractivity contribution in [3.05, 3.63) is 6.92 Å². The van der Waals surface area contributed by atoms with Crippen LogP contribution in [0, 0.1) is 6.92 Å². The van der Waals surface area contributed by atoms with Crippen molar-refractivity contribution in [2.24, 2.45) is 0 Å². The van der Waals surface area contributed by atoms with Crippen LogP contribution in [0.3, 0.4) is 0 Å². The van der Waals surface area contributed by atoms with E-state index in [0.29, 0.717) is 26.3 Å². The van der Waals surface area contributed by atoms with E-state index < -0.39 is 0 Å². The van der Waals surface area contributed by atoms with Crippen molar-refractivity contribution in [1.29, 1.82) is 0 Å². The van der Waals surface area contributed by atoms with Crippen LogP contribution in [0.1, 0.15) is 0 Å². The van der Waals surface area contributed by atoms with Crippen LogP contribution in [0.25, 0.3) is 0 Å². The molecule has 1 fully saturated rings. The summed E-state index contributed by atoms with van der Waals surface area (Å²) in [6.07, 6.45) is 0. The summed E-state index contributed by atoms with van der Waals surface area (Å²) in [4.78, 5) is 12.2. The van der Waals surface area contributed by atoms with Crippen LogP contribution in [0.5, 0.6) is 0 Å². The summed E-state index contributed by atoms with van der Waals surface area (Å²) < 4.78 is 5.03. The monoisotopic (exact) mass is 167 g/mol. The van der Waals surface area contributed by atoms with Crippen molar-refractivity contribution >= 4 is 5.91 Å². The van der Waals surface area contributed by atoms with Gasteiger partial charge < -0.3 is 21.4 Å². The Kier molecular flexibility index (Phi) is 6.09. The fourth-order valence-corrected chi connectivity index (χ4v) is 0.813. The molecule has 0 atom stereocenters. The van der Waals surface area contributed by atoms with Gasteiger partial charge in [-0.3, -0.25) is 0 Å².